The minimum Gasteiger partial charge on any atom is -0.307 e. The summed E-state index contributed by atoms with van der Waals surface area (Å²) >= 11 is 0. The van der Waals surface area contributed by atoms with Gasteiger partial charge in [0.15, 0.2) is 0 Å². The van der Waals surface area contributed by atoms with E-state index in [4.69, 9.17) is 0 Å². The van der Waals surface area contributed by atoms with Gasteiger partial charge in [0.25, 0.3) is 0 Å². The van der Waals surface area contributed by atoms with Crippen molar-refractivity contribution in [2.45, 2.75) is 0 Å². The fourth-order valence-corrected chi connectivity index (χ4v) is 6.63. The maximum Gasteiger partial charge on any atom is 0.148 e. The van der Waals surface area contributed by atoms with E-state index in [2.05, 4.69) is 120 Å². The van der Waals surface area contributed by atoms with Crippen LogP contribution in [0.4, 0.5) is 21.5 Å². The van der Waals surface area contributed by atoms with Crippen molar-refractivity contribution in [3.63, 3.8) is 0 Å². The number of rotatable bonds is 7. The molecular formula is C46H32FN. The summed E-state index contributed by atoms with van der Waals surface area (Å²) in [5.41, 5.74) is 10.4. The number of hydrogen-bond acceptors (Lipinski definition) is 1. The van der Waals surface area contributed by atoms with E-state index in [0.717, 1.165) is 66.7 Å². The molecule has 0 aliphatic rings. The van der Waals surface area contributed by atoms with Gasteiger partial charge < -0.3 is 4.90 Å². The lowest BCUT2D eigenvalue weighted by molar-refractivity contribution is 0.630. The second-order valence-corrected chi connectivity index (χ2v) is 11.9. The molecule has 8 aromatic rings. The van der Waals surface area contributed by atoms with Gasteiger partial charge in [0.1, 0.15) is 5.82 Å². The molecule has 1 nitrogen and oxygen atoms in total. The van der Waals surface area contributed by atoms with Crippen LogP contribution in [-0.4, -0.2) is 0 Å². The normalized spacial score (nSPS) is 11.0. The molecule has 8 rings (SSSR count). The third-order valence-corrected chi connectivity index (χ3v) is 8.94. The van der Waals surface area contributed by atoms with E-state index >= 15 is 4.39 Å². The Morgan fingerprint density at radius 2 is 0.792 bits per heavy atom. The van der Waals surface area contributed by atoms with Gasteiger partial charge in [-0.25, -0.2) is 4.39 Å². The minimum absolute atomic E-state index is 0.293. The molecule has 0 saturated carbocycles. The second kappa shape index (κ2) is 12.9. The fraction of sp³-hybridized carbons (Fsp3) is 0. The van der Waals surface area contributed by atoms with Gasteiger partial charge in [-0.3, -0.25) is 0 Å². The van der Waals surface area contributed by atoms with E-state index in [1.807, 2.05) is 72.8 Å². The lowest BCUT2D eigenvalue weighted by Gasteiger charge is -2.30. The van der Waals surface area contributed by atoms with Crippen LogP contribution in [0.1, 0.15) is 0 Å². The first-order valence-corrected chi connectivity index (χ1v) is 16.2. The Kier molecular flexibility index (Phi) is 7.82. The van der Waals surface area contributed by atoms with Gasteiger partial charge in [0, 0.05) is 16.6 Å². The molecule has 8 aromatic carbocycles. The van der Waals surface area contributed by atoms with Crippen molar-refractivity contribution in [1.82, 2.24) is 0 Å². The average Bonchev–Trinajstić information content (AvgIpc) is 3.17. The fourth-order valence-electron chi connectivity index (χ4n) is 6.63. The minimum atomic E-state index is -0.293. The summed E-state index contributed by atoms with van der Waals surface area (Å²) in [4.78, 5) is 2.10. The summed E-state index contributed by atoms with van der Waals surface area (Å²) in [7, 11) is 0. The molecule has 0 atom stereocenters. The zero-order valence-corrected chi connectivity index (χ0v) is 26.3. The molecule has 0 aliphatic heterocycles. The van der Waals surface area contributed by atoms with Crippen LogP contribution in [0.2, 0.25) is 0 Å². The summed E-state index contributed by atoms with van der Waals surface area (Å²) in [6, 6.07) is 65.9. The molecule has 0 radical (unpaired) electrons. The molecule has 0 heterocycles. The van der Waals surface area contributed by atoms with Gasteiger partial charge in [-0.15, -0.1) is 0 Å². The Morgan fingerprint density at radius 3 is 1.38 bits per heavy atom. The quantitative estimate of drug-likeness (QED) is 0.172. The largest absolute Gasteiger partial charge is 0.307 e. The molecule has 0 unspecified atom stereocenters. The lowest BCUT2D eigenvalue weighted by atomic mass is 9.93. The average molecular weight is 618 g/mol. The van der Waals surface area contributed by atoms with Crippen LogP contribution in [0.15, 0.2) is 194 Å². The van der Waals surface area contributed by atoms with Crippen molar-refractivity contribution in [2.24, 2.45) is 0 Å². The van der Waals surface area contributed by atoms with Gasteiger partial charge in [-0.2, -0.15) is 0 Å². The van der Waals surface area contributed by atoms with E-state index < -0.39 is 0 Å². The monoisotopic (exact) mass is 617 g/mol. The summed E-state index contributed by atoms with van der Waals surface area (Å²) < 4.78 is 17.2. The van der Waals surface area contributed by atoms with Crippen LogP contribution in [0.25, 0.3) is 55.3 Å². The van der Waals surface area contributed by atoms with E-state index in [1.165, 1.54) is 0 Å². The zero-order chi connectivity index (χ0) is 32.3. The van der Waals surface area contributed by atoms with Crippen LogP contribution < -0.4 is 4.90 Å². The van der Waals surface area contributed by atoms with Gasteiger partial charge in [0.2, 0.25) is 0 Å². The maximum absolute atomic E-state index is 17.2. The Balaban J connectivity index is 1.40. The summed E-state index contributed by atoms with van der Waals surface area (Å²) in [6.07, 6.45) is 0. The van der Waals surface area contributed by atoms with Crippen LogP contribution in [0.3, 0.4) is 0 Å². The smallest absolute Gasteiger partial charge is 0.148 e. The van der Waals surface area contributed by atoms with Gasteiger partial charge in [-0.05, 0) is 74.7 Å². The molecule has 228 valence electrons. The number of benzene rings is 8. The first kappa shape index (κ1) is 29.2. The van der Waals surface area contributed by atoms with Crippen LogP contribution in [0, 0.1) is 5.82 Å². The standard InChI is InChI=1S/C46H32FN/c47-44-32-38(34-17-7-2-8-18-34)31-43(37-21-11-4-12-22-37)46(44)48(39-27-25-35(26-28-39)33-15-5-1-6-16-33)45-30-29-40(36-19-9-3-10-20-36)41-23-13-14-24-42(41)45/h1-32H. The van der Waals surface area contributed by atoms with Crippen molar-refractivity contribution >= 4 is 27.8 Å². The highest BCUT2D eigenvalue weighted by molar-refractivity contribution is 6.07. The molecular weight excluding hydrogens is 586 g/mol. The molecule has 0 saturated heterocycles. The Morgan fingerprint density at radius 1 is 0.333 bits per heavy atom. The molecule has 0 spiro atoms. The van der Waals surface area contributed by atoms with Gasteiger partial charge in [0.05, 0.1) is 11.4 Å². The molecule has 0 aromatic heterocycles. The Bertz CT molecular complexity index is 2320. The highest BCUT2D eigenvalue weighted by Gasteiger charge is 2.25. The van der Waals surface area contributed by atoms with E-state index in [1.54, 1.807) is 6.07 Å². The summed E-state index contributed by atoms with van der Waals surface area (Å²) in [5, 5.41) is 2.14. The third-order valence-electron chi connectivity index (χ3n) is 8.94. The molecule has 0 aliphatic carbocycles. The predicted octanol–water partition coefficient (Wildman–Crippen LogP) is 13.1. The summed E-state index contributed by atoms with van der Waals surface area (Å²) in [6.45, 7) is 0. The second-order valence-electron chi connectivity index (χ2n) is 11.9. The van der Waals surface area contributed by atoms with Crippen LogP contribution >= 0.6 is 0 Å². The number of hydrogen-bond donors (Lipinski definition) is 0. The zero-order valence-electron chi connectivity index (χ0n) is 26.3. The molecule has 48 heavy (non-hydrogen) atoms. The highest BCUT2D eigenvalue weighted by atomic mass is 19.1. The number of halogens is 1. The molecule has 0 bridgehead atoms. The van der Waals surface area contributed by atoms with E-state index in [0.29, 0.717) is 5.69 Å². The predicted molar refractivity (Wildman–Crippen MR) is 200 cm³/mol. The van der Waals surface area contributed by atoms with E-state index in [-0.39, 0.29) is 5.82 Å². The molecule has 2 heteroatoms. The lowest BCUT2D eigenvalue weighted by Crippen LogP contribution is -2.14. The maximum atomic E-state index is 17.2. The van der Waals surface area contributed by atoms with Crippen molar-refractivity contribution in [2.75, 3.05) is 4.90 Å². The van der Waals surface area contributed by atoms with E-state index in [9.17, 15) is 0 Å². The Hall–Kier alpha value is -6.25. The van der Waals surface area contributed by atoms with Crippen molar-refractivity contribution in [1.29, 1.82) is 0 Å². The molecule has 0 N–H and O–H groups in total. The Labute approximate surface area is 280 Å². The van der Waals surface area contributed by atoms with Crippen molar-refractivity contribution in [3.8, 4) is 44.5 Å². The molecule has 0 amide bonds. The third kappa shape index (κ3) is 5.55. The summed E-state index contributed by atoms with van der Waals surface area (Å²) in [5.74, 6) is -0.293. The van der Waals surface area contributed by atoms with Crippen molar-refractivity contribution in [3.05, 3.63) is 200 Å². The van der Waals surface area contributed by atoms with Crippen molar-refractivity contribution < 1.29 is 4.39 Å². The first-order chi connectivity index (χ1) is 23.7. The highest BCUT2D eigenvalue weighted by Crippen LogP contribution is 2.47. The number of fused-ring (bicyclic) bond motifs is 1. The van der Waals surface area contributed by atoms with Crippen LogP contribution in [0.5, 0.6) is 0 Å². The number of anilines is 3. The molecule has 0 fully saturated rings. The topological polar surface area (TPSA) is 3.24 Å². The number of nitrogens with zero attached hydrogens (tertiary/aromatic N) is 1. The van der Waals surface area contributed by atoms with Crippen LogP contribution in [-0.2, 0) is 0 Å². The van der Waals surface area contributed by atoms with Gasteiger partial charge >= 0.3 is 0 Å². The first-order valence-electron chi connectivity index (χ1n) is 16.2. The SMILES string of the molecule is Fc1cc(-c2ccccc2)cc(-c2ccccc2)c1N(c1ccc(-c2ccccc2)cc1)c1ccc(-c2ccccc2)c2ccccc12. The van der Waals surface area contributed by atoms with Gasteiger partial charge in [-0.1, -0.05) is 164 Å².